The van der Waals surface area contributed by atoms with Crippen molar-refractivity contribution in [3.05, 3.63) is 22.4 Å². The molecule has 1 fully saturated rings. The van der Waals surface area contributed by atoms with Crippen LogP contribution in [0.3, 0.4) is 0 Å². The third-order valence-corrected chi connectivity index (χ3v) is 5.28. The molecule has 0 bridgehead atoms. The van der Waals surface area contributed by atoms with Gasteiger partial charge in [-0.1, -0.05) is 13.0 Å². The second-order valence-corrected chi connectivity index (χ2v) is 6.74. The van der Waals surface area contributed by atoms with Gasteiger partial charge in [-0.3, -0.25) is 0 Å². The van der Waals surface area contributed by atoms with E-state index in [0.717, 1.165) is 11.3 Å². The van der Waals surface area contributed by atoms with E-state index in [9.17, 15) is 14.7 Å². The van der Waals surface area contributed by atoms with E-state index in [-0.39, 0.29) is 12.1 Å². The molecule has 1 aliphatic heterocycles. The van der Waals surface area contributed by atoms with E-state index in [1.807, 2.05) is 31.4 Å². The van der Waals surface area contributed by atoms with Crippen molar-refractivity contribution in [3.8, 4) is 0 Å². The van der Waals surface area contributed by atoms with Gasteiger partial charge in [0, 0.05) is 18.5 Å². The van der Waals surface area contributed by atoms with Gasteiger partial charge in [0.2, 0.25) is 0 Å². The highest BCUT2D eigenvalue weighted by Gasteiger charge is 2.37. The number of carbonyl (C=O) groups is 2. The number of piperidine rings is 1. The third kappa shape index (κ3) is 3.37. The molecule has 3 unspecified atom stereocenters. The molecule has 0 radical (unpaired) electrons. The predicted molar refractivity (Wildman–Crippen MR) is 82.4 cm³/mol. The number of carbonyl (C=O) groups excluding carboxylic acids is 1. The van der Waals surface area contributed by atoms with Crippen molar-refractivity contribution >= 4 is 23.3 Å². The number of carboxylic acid groups (broad SMARTS) is 1. The second-order valence-electron chi connectivity index (χ2n) is 5.76. The Hall–Kier alpha value is -1.56. The van der Waals surface area contributed by atoms with Gasteiger partial charge in [0.25, 0.3) is 0 Å². The lowest BCUT2D eigenvalue weighted by atomic mass is 9.92. The van der Waals surface area contributed by atoms with Crippen LogP contribution in [-0.2, 0) is 4.79 Å². The molecular weight excluding hydrogens is 288 g/mol. The van der Waals surface area contributed by atoms with Crippen LogP contribution in [0.25, 0.3) is 0 Å². The summed E-state index contributed by atoms with van der Waals surface area (Å²) in [4.78, 5) is 28.3. The maximum Gasteiger partial charge on any atom is 0.326 e. The highest BCUT2D eigenvalue weighted by atomic mass is 32.1. The summed E-state index contributed by atoms with van der Waals surface area (Å²) in [5.74, 6) is -0.567. The smallest absolute Gasteiger partial charge is 0.326 e. The van der Waals surface area contributed by atoms with Crippen molar-refractivity contribution in [2.45, 2.75) is 38.8 Å². The van der Waals surface area contributed by atoms with E-state index in [2.05, 4.69) is 0 Å². The molecule has 1 saturated heterocycles. The maximum absolute atomic E-state index is 12.6. The van der Waals surface area contributed by atoms with Gasteiger partial charge in [-0.25, -0.2) is 9.59 Å². The largest absolute Gasteiger partial charge is 0.480 e. The van der Waals surface area contributed by atoms with Crippen LogP contribution in [0.1, 0.15) is 37.6 Å². The summed E-state index contributed by atoms with van der Waals surface area (Å²) in [6.07, 6.45) is 1.39. The van der Waals surface area contributed by atoms with Crippen LogP contribution in [0.2, 0.25) is 0 Å². The molecule has 1 N–H and O–H groups in total. The van der Waals surface area contributed by atoms with Crippen LogP contribution in [0.5, 0.6) is 0 Å². The van der Waals surface area contributed by atoms with Gasteiger partial charge >= 0.3 is 12.0 Å². The molecule has 1 aliphatic rings. The number of likely N-dealkylation sites (tertiary alicyclic amines) is 1. The zero-order valence-electron chi connectivity index (χ0n) is 12.7. The van der Waals surface area contributed by atoms with Crippen LogP contribution in [0.4, 0.5) is 4.79 Å². The van der Waals surface area contributed by atoms with Gasteiger partial charge in [-0.05, 0) is 37.1 Å². The summed E-state index contributed by atoms with van der Waals surface area (Å²) in [7, 11) is 1.74. The first-order valence-electron chi connectivity index (χ1n) is 7.21. The molecule has 2 rings (SSSR count). The summed E-state index contributed by atoms with van der Waals surface area (Å²) >= 11 is 1.60. The first-order valence-corrected chi connectivity index (χ1v) is 8.09. The molecule has 0 spiro atoms. The zero-order valence-corrected chi connectivity index (χ0v) is 13.5. The van der Waals surface area contributed by atoms with Crippen molar-refractivity contribution in [2.75, 3.05) is 13.6 Å². The number of hydrogen-bond acceptors (Lipinski definition) is 3. The van der Waals surface area contributed by atoms with Crippen LogP contribution in [0.15, 0.2) is 17.5 Å². The highest BCUT2D eigenvalue weighted by Crippen LogP contribution is 2.28. The van der Waals surface area contributed by atoms with Crippen molar-refractivity contribution in [3.63, 3.8) is 0 Å². The molecule has 1 aromatic heterocycles. The standard InChI is InChI=1S/C15H22N2O3S/c1-10-6-7-17(12(9-10)14(18)19)15(20)16(3)11(2)13-5-4-8-21-13/h4-5,8,10-12H,6-7,9H2,1-3H3,(H,18,19). The maximum atomic E-state index is 12.6. The molecule has 0 aliphatic carbocycles. The number of hydrogen-bond donors (Lipinski definition) is 1. The minimum atomic E-state index is -0.910. The number of carboxylic acids is 1. The SMILES string of the molecule is CC1CCN(C(=O)N(C)C(C)c2cccs2)C(C(=O)O)C1. The second kappa shape index (κ2) is 6.47. The summed E-state index contributed by atoms with van der Waals surface area (Å²) in [5, 5.41) is 11.3. The Balaban J connectivity index is 2.12. The Kier molecular flexibility index (Phi) is 4.88. The third-order valence-electron chi connectivity index (χ3n) is 4.23. The highest BCUT2D eigenvalue weighted by molar-refractivity contribution is 7.10. The van der Waals surface area contributed by atoms with Gasteiger partial charge in [0.05, 0.1) is 6.04 Å². The molecule has 116 valence electrons. The molecule has 0 saturated carbocycles. The van der Waals surface area contributed by atoms with Gasteiger partial charge < -0.3 is 14.9 Å². The number of rotatable bonds is 3. The molecule has 3 atom stereocenters. The van der Waals surface area contributed by atoms with E-state index < -0.39 is 12.0 Å². The van der Waals surface area contributed by atoms with E-state index >= 15 is 0 Å². The van der Waals surface area contributed by atoms with Crippen LogP contribution in [0, 0.1) is 5.92 Å². The van der Waals surface area contributed by atoms with Crippen molar-refractivity contribution in [1.82, 2.24) is 9.80 Å². The Labute approximate surface area is 129 Å². The quantitative estimate of drug-likeness (QED) is 0.933. The van der Waals surface area contributed by atoms with E-state index in [4.69, 9.17) is 0 Å². The Bertz CT molecular complexity index is 503. The molecule has 2 amide bonds. The fourth-order valence-electron chi connectivity index (χ4n) is 2.69. The molecule has 1 aromatic rings. The summed E-state index contributed by atoms with van der Waals surface area (Å²) in [5.41, 5.74) is 0. The zero-order chi connectivity index (χ0) is 15.6. The fraction of sp³-hybridized carbons (Fsp3) is 0.600. The van der Waals surface area contributed by atoms with Crippen molar-refractivity contribution < 1.29 is 14.7 Å². The first kappa shape index (κ1) is 15.8. The number of thiophene rings is 1. The summed E-state index contributed by atoms with van der Waals surface area (Å²) in [6.45, 7) is 4.51. The van der Waals surface area contributed by atoms with Gasteiger partial charge in [0.15, 0.2) is 0 Å². The van der Waals surface area contributed by atoms with Gasteiger partial charge in [-0.15, -0.1) is 11.3 Å². The molecule has 0 aromatic carbocycles. The van der Waals surface area contributed by atoms with E-state index in [1.54, 1.807) is 23.3 Å². The van der Waals surface area contributed by atoms with E-state index in [0.29, 0.717) is 18.9 Å². The van der Waals surface area contributed by atoms with Crippen LogP contribution >= 0.6 is 11.3 Å². The minimum Gasteiger partial charge on any atom is -0.480 e. The topological polar surface area (TPSA) is 60.9 Å². The normalized spacial score (nSPS) is 23.7. The number of nitrogens with zero attached hydrogens (tertiary/aromatic N) is 2. The Morgan fingerprint density at radius 2 is 2.24 bits per heavy atom. The van der Waals surface area contributed by atoms with Crippen molar-refractivity contribution in [1.29, 1.82) is 0 Å². The number of amides is 2. The van der Waals surface area contributed by atoms with Gasteiger partial charge in [-0.2, -0.15) is 0 Å². The summed E-state index contributed by atoms with van der Waals surface area (Å²) in [6, 6.07) is 2.99. The molecule has 6 heteroatoms. The lowest BCUT2D eigenvalue weighted by Crippen LogP contribution is -2.53. The Morgan fingerprint density at radius 3 is 2.81 bits per heavy atom. The number of urea groups is 1. The monoisotopic (exact) mass is 310 g/mol. The predicted octanol–water partition coefficient (Wildman–Crippen LogP) is 3.05. The molecule has 2 heterocycles. The van der Waals surface area contributed by atoms with Crippen LogP contribution in [-0.4, -0.2) is 46.5 Å². The molecular formula is C15H22N2O3S. The van der Waals surface area contributed by atoms with Crippen LogP contribution < -0.4 is 0 Å². The van der Waals surface area contributed by atoms with E-state index in [1.165, 1.54) is 4.90 Å². The average molecular weight is 310 g/mol. The molecule has 21 heavy (non-hydrogen) atoms. The van der Waals surface area contributed by atoms with Crippen molar-refractivity contribution in [2.24, 2.45) is 5.92 Å². The Morgan fingerprint density at radius 1 is 1.52 bits per heavy atom. The van der Waals surface area contributed by atoms with Gasteiger partial charge in [0.1, 0.15) is 6.04 Å². The lowest BCUT2D eigenvalue weighted by molar-refractivity contribution is -0.144. The molecule has 5 nitrogen and oxygen atoms in total. The summed E-state index contributed by atoms with van der Waals surface area (Å²) < 4.78 is 0. The number of aliphatic carboxylic acids is 1. The minimum absolute atomic E-state index is 0.0497. The lowest BCUT2D eigenvalue weighted by Gasteiger charge is -2.39. The fourth-order valence-corrected chi connectivity index (χ4v) is 3.52. The average Bonchev–Trinajstić information content (AvgIpc) is 2.99. The first-order chi connectivity index (χ1) is 9.91.